The van der Waals surface area contributed by atoms with Crippen molar-refractivity contribution < 1.29 is 22.7 Å². The first-order valence-corrected chi connectivity index (χ1v) is 17.7. The zero-order valence-electron chi connectivity index (χ0n) is 27.3. The lowest BCUT2D eigenvalue weighted by Gasteiger charge is -2.34. The molecule has 0 spiro atoms. The molecule has 0 unspecified atom stereocenters. The summed E-state index contributed by atoms with van der Waals surface area (Å²) in [6.45, 7) is 3.52. The van der Waals surface area contributed by atoms with Gasteiger partial charge in [0.1, 0.15) is 24.1 Å². The van der Waals surface area contributed by atoms with Crippen LogP contribution in [0.5, 0.6) is 11.5 Å². The monoisotopic (exact) mass is 695 g/mol. The number of ether oxygens (including phenoxy) is 1. The molecule has 0 fully saturated rings. The van der Waals surface area contributed by atoms with Crippen molar-refractivity contribution in [3.05, 3.63) is 155 Å². The van der Waals surface area contributed by atoms with Crippen molar-refractivity contribution in [3.8, 4) is 11.5 Å². The van der Waals surface area contributed by atoms with Gasteiger partial charge in [-0.15, -0.1) is 0 Å². The normalized spacial score (nSPS) is 11.7. The van der Waals surface area contributed by atoms with Crippen LogP contribution in [0.2, 0.25) is 5.02 Å². The fourth-order valence-electron chi connectivity index (χ4n) is 5.30. The maximum absolute atomic E-state index is 14.6. The quantitative estimate of drug-likeness (QED) is 0.131. The fraction of sp³-hybridized carbons (Fsp3) is 0.179. The second-order valence-electron chi connectivity index (χ2n) is 11.5. The number of hydrogen-bond donors (Lipinski definition) is 1. The van der Waals surface area contributed by atoms with Crippen LogP contribution in [-0.2, 0) is 32.6 Å². The number of rotatable bonds is 14. The standard InChI is InChI=1S/C39H38ClN3O5S/c1-3-41-39(45)37(26-30-10-6-4-7-11-30)42(27-31-16-18-32(40)19-17-31)38(44)28-43(49(46,47)36-24-14-29(2)15-25-36)33-20-22-35(23-21-33)48-34-12-8-5-9-13-34/h4-25,37H,3,26-28H2,1-2H3,(H,41,45)/t37-/m0/s1. The van der Waals surface area contributed by atoms with E-state index in [4.69, 9.17) is 16.3 Å². The number of anilines is 1. The van der Waals surface area contributed by atoms with Gasteiger partial charge in [0.25, 0.3) is 10.0 Å². The van der Waals surface area contributed by atoms with E-state index in [0.717, 1.165) is 21.0 Å². The molecule has 1 atom stereocenters. The molecular weight excluding hydrogens is 658 g/mol. The summed E-state index contributed by atoms with van der Waals surface area (Å²) in [7, 11) is -4.24. The van der Waals surface area contributed by atoms with Crippen molar-refractivity contribution in [2.24, 2.45) is 0 Å². The summed E-state index contributed by atoms with van der Waals surface area (Å²) < 4.78 is 35.6. The number of carbonyl (C=O) groups excluding carboxylic acids is 2. The van der Waals surface area contributed by atoms with Gasteiger partial charge >= 0.3 is 0 Å². The number of halogens is 1. The van der Waals surface area contributed by atoms with Crippen LogP contribution in [0, 0.1) is 6.92 Å². The van der Waals surface area contributed by atoms with E-state index in [1.165, 1.54) is 17.0 Å². The van der Waals surface area contributed by atoms with Gasteiger partial charge in [0, 0.05) is 24.5 Å². The summed E-state index contributed by atoms with van der Waals surface area (Å²) in [5.41, 5.74) is 2.74. The summed E-state index contributed by atoms with van der Waals surface area (Å²) in [5.74, 6) is 0.228. The van der Waals surface area contributed by atoms with E-state index < -0.39 is 28.5 Å². The molecule has 8 nitrogen and oxygen atoms in total. The fourth-order valence-corrected chi connectivity index (χ4v) is 6.84. The molecule has 1 N–H and O–H groups in total. The number of aryl methyl sites for hydroxylation is 1. The molecule has 0 aromatic heterocycles. The largest absolute Gasteiger partial charge is 0.457 e. The van der Waals surface area contributed by atoms with Crippen molar-refractivity contribution in [1.29, 1.82) is 0 Å². The van der Waals surface area contributed by atoms with Crippen molar-refractivity contribution in [2.75, 3.05) is 17.4 Å². The van der Waals surface area contributed by atoms with E-state index in [-0.39, 0.29) is 29.5 Å². The number of likely N-dealkylation sites (N-methyl/N-ethyl adjacent to an activating group) is 1. The lowest BCUT2D eigenvalue weighted by atomic mass is 10.0. The third-order valence-corrected chi connectivity index (χ3v) is 9.92. The van der Waals surface area contributed by atoms with Gasteiger partial charge in [0.2, 0.25) is 11.8 Å². The average Bonchev–Trinajstić information content (AvgIpc) is 3.11. The van der Waals surface area contributed by atoms with Crippen LogP contribution in [0.4, 0.5) is 5.69 Å². The van der Waals surface area contributed by atoms with Gasteiger partial charge < -0.3 is 15.0 Å². The van der Waals surface area contributed by atoms with Gasteiger partial charge in [-0.05, 0) is 85.6 Å². The third-order valence-electron chi connectivity index (χ3n) is 7.88. The number of amides is 2. The minimum atomic E-state index is -4.24. The number of benzene rings is 5. The Labute approximate surface area is 293 Å². The lowest BCUT2D eigenvalue weighted by Crippen LogP contribution is -2.53. The topological polar surface area (TPSA) is 96.0 Å². The third kappa shape index (κ3) is 9.28. The number of carbonyl (C=O) groups is 2. The summed E-state index contributed by atoms with van der Waals surface area (Å²) >= 11 is 6.16. The molecule has 5 aromatic rings. The van der Waals surface area contributed by atoms with Crippen LogP contribution in [0.25, 0.3) is 0 Å². The Bertz CT molecular complexity index is 1940. The molecule has 252 valence electrons. The average molecular weight is 696 g/mol. The Hall–Kier alpha value is -5.12. The predicted molar refractivity (Wildman–Crippen MR) is 193 cm³/mol. The first kappa shape index (κ1) is 35.2. The molecule has 0 bridgehead atoms. The highest BCUT2D eigenvalue weighted by molar-refractivity contribution is 7.92. The van der Waals surface area contributed by atoms with Crippen LogP contribution in [0.15, 0.2) is 138 Å². The maximum Gasteiger partial charge on any atom is 0.264 e. The number of hydrogen-bond acceptors (Lipinski definition) is 5. The van der Waals surface area contributed by atoms with E-state index >= 15 is 0 Å². The van der Waals surface area contributed by atoms with E-state index in [0.29, 0.717) is 23.1 Å². The summed E-state index contributed by atoms with van der Waals surface area (Å²) in [6, 6.07) is 37.7. The Morgan fingerprint density at radius 2 is 1.35 bits per heavy atom. The number of sulfonamides is 1. The van der Waals surface area contributed by atoms with Gasteiger partial charge in [-0.3, -0.25) is 13.9 Å². The lowest BCUT2D eigenvalue weighted by molar-refractivity contribution is -0.140. The maximum atomic E-state index is 14.6. The van der Waals surface area contributed by atoms with Crippen LogP contribution in [0.1, 0.15) is 23.6 Å². The Morgan fingerprint density at radius 3 is 1.96 bits per heavy atom. The van der Waals surface area contributed by atoms with E-state index in [9.17, 15) is 18.0 Å². The number of para-hydroxylation sites is 1. The number of nitrogens with one attached hydrogen (secondary N) is 1. The molecule has 0 saturated heterocycles. The van der Waals surface area contributed by atoms with Crippen LogP contribution in [-0.4, -0.2) is 44.3 Å². The molecule has 2 amide bonds. The van der Waals surface area contributed by atoms with E-state index in [1.54, 1.807) is 60.7 Å². The molecule has 0 heterocycles. The Kier molecular flexibility index (Phi) is 11.7. The van der Waals surface area contributed by atoms with Gasteiger partial charge in [0.05, 0.1) is 10.6 Å². The van der Waals surface area contributed by atoms with Crippen LogP contribution >= 0.6 is 11.6 Å². The zero-order valence-corrected chi connectivity index (χ0v) is 28.9. The van der Waals surface area contributed by atoms with Gasteiger partial charge in [-0.2, -0.15) is 0 Å². The SMILES string of the molecule is CCNC(=O)[C@H](Cc1ccccc1)N(Cc1ccc(Cl)cc1)C(=O)CN(c1ccc(Oc2ccccc2)cc1)S(=O)(=O)c1ccc(C)cc1. The molecule has 5 aromatic carbocycles. The molecule has 0 aliphatic carbocycles. The molecule has 49 heavy (non-hydrogen) atoms. The van der Waals surface area contributed by atoms with Crippen molar-refractivity contribution in [2.45, 2.75) is 37.8 Å². The summed E-state index contributed by atoms with van der Waals surface area (Å²) in [5, 5.41) is 3.40. The van der Waals surface area contributed by atoms with Crippen molar-refractivity contribution >= 4 is 39.1 Å². The zero-order chi connectivity index (χ0) is 34.8. The predicted octanol–water partition coefficient (Wildman–Crippen LogP) is 7.41. The van der Waals surface area contributed by atoms with Crippen LogP contribution < -0.4 is 14.4 Å². The molecule has 5 rings (SSSR count). The first-order valence-electron chi connectivity index (χ1n) is 15.9. The second-order valence-corrected chi connectivity index (χ2v) is 13.8. The molecule has 0 aliphatic heterocycles. The van der Waals surface area contributed by atoms with Crippen LogP contribution in [0.3, 0.4) is 0 Å². The smallest absolute Gasteiger partial charge is 0.264 e. The summed E-state index contributed by atoms with van der Waals surface area (Å²) in [4.78, 5) is 29.7. The molecule has 0 radical (unpaired) electrons. The molecular formula is C39H38ClN3O5S. The highest BCUT2D eigenvalue weighted by Gasteiger charge is 2.34. The van der Waals surface area contributed by atoms with Gasteiger partial charge in [0.15, 0.2) is 0 Å². The second kappa shape index (κ2) is 16.3. The van der Waals surface area contributed by atoms with E-state index in [1.807, 2.05) is 74.5 Å². The highest BCUT2D eigenvalue weighted by Crippen LogP contribution is 2.29. The number of nitrogens with zero attached hydrogens (tertiary/aromatic N) is 2. The van der Waals surface area contributed by atoms with Crippen molar-refractivity contribution in [3.63, 3.8) is 0 Å². The molecule has 0 aliphatic rings. The van der Waals surface area contributed by atoms with Gasteiger partial charge in [-0.25, -0.2) is 8.42 Å². The molecule has 10 heteroatoms. The first-order chi connectivity index (χ1) is 23.6. The summed E-state index contributed by atoms with van der Waals surface area (Å²) in [6.07, 6.45) is 0.224. The van der Waals surface area contributed by atoms with E-state index in [2.05, 4.69) is 5.32 Å². The Balaban J connectivity index is 1.54. The Morgan fingerprint density at radius 1 is 0.755 bits per heavy atom. The highest BCUT2D eigenvalue weighted by atomic mass is 35.5. The minimum absolute atomic E-state index is 0.0318. The minimum Gasteiger partial charge on any atom is -0.457 e. The molecule has 0 saturated carbocycles. The van der Waals surface area contributed by atoms with Crippen molar-refractivity contribution in [1.82, 2.24) is 10.2 Å². The van der Waals surface area contributed by atoms with Gasteiger partial charge in [-0.1, -0.05) is 90.0 Å².